The van der Waals surface area contributed by atoms with Crippen LogP contribution in [0.15, 0.2) is 29.2 Å². The molecular formula is C18H29N3O3S. The maximum absolute atomic E-state index is 12.2. The number of amides is 2. The summed E-state index contributed by atoms with van der Waals surface area (Å²) in [4.78, 5) is 14.5. The van der Waals surface area contributed by atoms with Gasteiger partial charge in [-0.3, -0.25) is 0 Å². The highest BCUT2D eigenvalue weighted by Crippen LogP contribution is 2.17. The number of hydrogen-bond donors (Lipinski definition) is 2. The van der Waals surface area contributed by atoms with E-state index in [2.05, 4.69) is 28.8 Å². The third-order valence-electron chi connectivity index (χ3n) is 4.44. The molecule has 1 aliphatic heterocycles. The number of sulfonamides is 1. The molecule has 0 atom stereocenters. The van der Waals surface area contributed by atoms with Crippen LogP contribution in [0.25, 0.3) is 0 Å². The van der Waals surface area contributed by atoms with Gasteiger partial charge in [0.15, 0.2) is 0 Å². The van der Waals surface area contributed by atoms with Gasteiger partial charge in [-0.1, -0.05) is 31.5 Å². The van der Waals surface area contributed by atoms with Gasteiger partial charge in [-0.2, -0.15) is 0 Å². The Morgan fingerprint density at radius 1 is 1.20 bits per heavy atom. The minimum absolute atomic E-state index is 0.0928. The summed E-state index contributed by atoms with van der Waals surface area (Å²) < 4.78 is 26.4. The summed E-state index contributed by atoms with van der Waals surface area (Å²) in [5, 5.41) is 2.70. The van der Waals surface area contributed by atoms with E-state index in [1.54, 1.807) is 12.1 Å². The predicted octanol–water partition coefficient (Wildman–Crippen LogP) is 2.35. The van der Waals surface area contributed by atoms with Crippen LogP contribution < -0.4 is 10.0 Å². The third-order valence-corrected chi connectivity index (χ3v) is 5.79. The van der Waals surface area contributed by atoms with Gasteiger partial charge in [0.25, 0.3) is 10.0 Å². The first-order valence-corrected chi connectivity index (χ1v) is 10.3. The van der Waals surface area contributed by atoms with E-state index in [1.807, 2.05) is 6.92 Å². The summed E-state index contributed by atoms with van der Waals surface area (Å²) >= 11 is 0. The third kappa shape index (κ3) is 6.32. The van der Waals surface area contributed by atoms with Crippen molar-refractivity contribution in [2.75, 3.05) is 26.2 Å². The predicted molar refractivity (Wildman–Crippen MR) is 98.9 cm³/mol. The van der Waals surface area contributed by atoms with Crippen molar-refractivity contribution < 1.29 is 13.2 Å². The number of rotatable bonds is 6. The zero-order valence-corrected chi connectivity index (χ0v) is 16.1. The molecule has 2 rings (SSSR count). The van der Waals surface area contributed by atoms with Crippen molar-refractivity contribution in [1.29, 1.82) is 0 Å². The number of likely N-dealkylation sites (tertiary alicyclic amines) is 1. The first-order valence-electron chi connectivity index (χ1n) is 8.86. The van der Waals surface area contributed by atoms with E-state index in [1.165, 1.54) is 12.1 Å². The van der Waals surface area contributed by atoms with Crippen molar-refractivity contribution >= 4 is 16.1 Å². The Kier molecular flexibility index (Phi) is 6.84. The second-order valence-corrected chi connectivity index (χ2v) is 8.95. The summed E-state index contributed by atoms with van der Waals surface area (Å²) in [6.45, 7) is 9.99. The highest BCUT2D eigenvalue weighted by Gasteiger charge is 2.21. The van der Waals surface area contributed by atoms with Crippen molar-refractivity contribution in [3.63, 3.8) is 0 Å². The zero-order chi connectivity index (χ0) is 18.4. The lowest BCUT2D eigenvalue weighted by Crippen LogP contribution is -2.44. The Balaban J connectivity index is 1.76. The van der Waals surface area contributed by atoms with Crippen LogP contribution in [-0.2, 0) is 10.0 Å². The fourth-order valence-electron chi connectivity index (χ4n) is 3.06. The van der Waals surface area contributed by atoms with E-state index < -0.39 is 16.1 Å². The van der Waals surface area contributed by atoms with E-state index in [0.29, 0.717) is 18.4 Å². The van der Waals surface area contributed by atoms with Crippen LogP contribution in [0.3, 0.4) is 0 Å². The molecule has 6 nitrogen and oxygen atoms in total. The lowest BCUT2D eigenvalue weighted by atomic mass is 9.96. The number of carbonyl (C=O) groups excluding carboxylic acids is 1. The minimum Gasteiger partial charge on any atom is -0.337 e. The summed E-state index contributed by atoms with van der Waals surface area (Å²) in [6.07, 6.45) is 2.05. The van der Waals surface area contributed by atoms with Crippen LogP contribution in [0.1, 0.15) is 32.3 Å². The Labute approximate surface area is 151 Å². The molecule has 25 heavy (non-hydrogen) atoms. The van der Waals surface area contributed by atoms with E-state index >= 15 is 0 Å². The van der Waals surface area contributed by atoms with E-state index in [-0.39, 0.29) is 4.90 Å². The van der Waals surface area contributed by atoms with Gasteiger partial charge >= 0.3 is 6.03 Å². The van der Waals surface area contributed by atoms with Gasteiger partial charge in [-0.15, -0.1) is 0 Å². The molecule has 0 saturated carbocycles. The molecule has 2 N–H and O–H groups in total. The average molecular weight is 368 g/mol. The van der Waals surface area contributed by atoms with Crippen molar-refractivity contribution in [2.24, 2.45) is 11.8 Å². The average Bonchev–Trinajstić information content (AvgIpc) is 2.53. The number of aryl methyl sites for hydroxylation is 1. The topological polar surface area (TPSA) is 78.5 Å². The quantitative estimate of drug-likeness (QED) is 0.809. The molecule has 0 bridgehead atoms. The summed E-state index contributed by atoms with van der Waals surface area (Å²) in [6, 6.07) is 5.74. The van der Waals surface area contributed by atoms with E-state index in [0.717, 1.165) is 38.0 Å². The molecule has 0 radical (unpaired) electrons. The molecule has 2 amide bonds. The molecule has 0 unspecified atom stereocenters. The number of piperidine rings is 1. The van der Waals surface area contributed by atoms with Crippen LogP contribution >= 0.6 is 0 Å². The van der Waals surface area contributed by atoms with Gasteiger partial charge < -0.3 is 10.2 Å². The largest absolute Gasteiger partial charge is 0.337 e. The fraction of sp³-hybridized carbons (Fsp3) is 0.611. The highest BCUT2D eigenvalue weighted by molar-refractivity contribution is 7.90. The van der Waals surface area contributed by atoms with Gasteiger partial charge in [-0.05, 0) is 56.8 Å². The lowest BCUT2D eigenvalue weighted by molar-refractivity contribution is 0.166. The van der Waals surface area contributed by atoms with Crippen LogP contribution in [0, 0.1) is 18.8 Å². The SMILES string of the molecule is Cc1ccc(S(=O)(=O)NC(=O)NCC2CCN(CC(C)C)CC2)cc1. The van der Waals surface area contributed by atoms with E-state index in [4.69, 9.17) is 0 Å². The maximum atomic E-state index is 12.2. The van der Waals surface area contributed by atoms with Crippen LogP contribution in [0.2, 0.25) is 0 Å². The first-order chi connectivity index (χ1) is 11.8. The van der Waals surface area contributed by atoms with Crippen molar-refractivity contribution in [3.8, 4) is 0 Å². The van der Waals surface area contributed by atoms with Crippen molar-refractivity contribution in [3.05, 3.63) is 29.8 Å². The monoisotopic (exact) mass is 367 g/mol. The Morgan fingerprint density at radius 2 is 1.80 bits per heavy atom. The van der Waals surface area contributed by atoms with E-state index in [9.17, 15) is 13.2 Å². The smallest absolute Gasteiger partial charge is 0.328 e. The summed E-state index contributed by atoms with van der Waals surface area (Å²) in [5.74, 6) is 1.06. The lowest BCUT2D eigenvalue weighted by Gasteiger charge is -2.32. The fourth-order valence-corrected chi connectivity index (χ4v) is 3.99. The van der Waals surface area contributed by atoms with Crippen molar-refractivity contribution in [1.82, 2.24) is 14.9 Å². The molecule has 7 heteroatoms. The molecular weight excluding hydrogens is 338 g/mol. The van der Waals surface area contributed by atoms with Gasteiger partial charge in [0, 0.05) is 13.1 Å². The number of urea groups is 1. The maximum Gasteiger partial charge on any atom is 0.328 e. The van der Waals surface area contributed by atoms with Gasteiger partial charge in [0.1, 0.15) is 0 Å². The molecule has 1 heterocycles. The van der Waals surface area contributed by atoms with Crippen LogP contribution in [0.5, 0.6) is 0 Å². The number of nitrogens with one attached hydrogen (secondary N) is 2. The molecule has 0 spiro atoms. The van der Waals surface area contributed by atoms with Crippen LogP contribution in [0.4, 0.5) is 4.79 Å². The highest BCUT2D eigenvalue weighted by atomic mass is 32.2. The first kappa shape index (κ1) is 19.7. The number of hydrogen-bond acceptors (Lipinski definition) is 4. The Morgan fingerprint density at radius 3 is 2.36 bits per heavy atom. The molecule has 0 aliphatic carbocycles. The standard InChI is InChI=1S/C18H29N3O3S/c1-14(2)13-21-10-8-16(9-11-21)12-19-18(22)20-25(23,24)17-6-4-15(3)5-7-17/h4-7,14,16H,8-13H2,1-3H3,(H2,19,20,22). The second-order valence-electron chi connectivity index (χ2n) is 7.27. The number of benzene rings is 1. The summed E-state index contributed by atoms with van der Waals surface area (Å²) in [5.41, 5.74) is 0.965. The second kappa shape index (κ2) is 8.67. The zero-order valence-electron chi connectivity index (χ0n) is 15.3. The minimum atomic E-state index is -3.82. The molecule has 1 aliphatic rings. The van der Waals surface area contributed by atoms with Gasteiger partial charge in [0.2, 0.25) is 0 Å². The molecule has 1 saturated heterocycles. The Bertz CT molecular complexity index is 663. The normalized spacial score (nSPS) is 16.8. The molecule has 140 valence electrons. The number of nitrogens with zero attached hydrogens (tertiary/aromatic N) is 1. The molecule has 1 aromatic carbocycles. The molecule has 1 fully saturated rings. The molecule has 0 aromatic heterocycles. The van der Waals surface area contributed by atoms with Gasteiger partial charge in [0.05, 0.1) is 4.90 Å². The summed E-state index contributed by atoms with van der Waals surface area (Å²) in [7, 11) is -3.82. The van der Waals surface area contributed by atoms with Crippen LogP contribution in [-0.4, -0.2) is 45.5 Å². The Hall–Kier alpha value is -1.60. The van der Waals surface area contributed by atoms with Crippen molar-refractivity contribution in [2.45, 2.75) is 38.5 Å². The van der Waals surface area contributed by atoms with Gasteiger partial charge in [-0.25, -0.2) is 17.9 Å². The molecule has 1 aromatic rings. The number of carbonyl (C=O) groups is 1.